The van der Waals surface area contributed by atoms with E-state index in [9.17, 15) is 30.7 Å². The van der Waals surface area contributed by atoms with E-state index in [0.29, 0.717) is 0 Å². The maximum atomic E-state index is 12.7. The largest absolute Gasteiger partial charge is 0.460 e. The number of nitrogens with one attached hydrogen (secondary N) is 1. The molecule has 0 aromatic heterocycles. The molecule has 0 heterocycles. The summed E-state index contributed by atoms with van der Waals surface area (Å²) >= 11 is 0. The zero-order valence-corrected chi connectivity index (χ0v) is 8.50. The molecule has 17 heavy (non-hydrogen) atoms. The van der Waals surface area contributed by atoms with Crippen LogP contribution in [0, 0.1) is 5.41 Å². The zero-order valence-electron chi connectivity index (χ0n) is 8.50. The van der Waals surface area contributed by atoms with Gasteiger partial charge in [-0.1, -0.05) is 5.16 Å². The molecule has 0 amide bonds. The molecule has 0 aromatic carbocycles. The van der Waals surface area contributed by atoms with Crippen LogP contribution in [0.2, 0.25) is 0 Å². The fraction of sp³-hybridized carbons (Fsp3) is 0.714. The first-order valence-corrected chi connectivity index (χ1v) is 3.93. The summed E-state index contributed by atoms with van der Waals surface area (Å²) in [5, 5.41) is 9.06. The van der Waals surface area contributed by atoms with Crippen molar-refractivity contribution in [3.05, 3.63) is 0 Å². The monoisotopic (exact) mass is 268 g/mol. The van der Waals surface area contributed by atoms with Crippen LogP contribution in [0.5, 0.6) is 0 Å². The molecule has 0 unspecified atom stereocenters. The molecule has 10 heteroatoms. The molecule has 0 spiro atoms. The second-order valence-electron chi connectivity index (χ2n) is 3.11. The molecule has 0 rings (SSSR count). The van der Waals surface area contributed by atoms with Crippen molar-refractivity contribution in [1.29, 1.82) is 5.41 Å². The van der Waals surface area contributed by atoms with Crippen LogP contribution < -0.4 is 0 Å². The lowest BCUT2D eigenvalue weighted by Gasteiger charge is -2.26. The number of nitrogens with zero attached hydrogens (tertiary/aromatic N) is 1. The molecule has 0 fully saturated rings. The predicted octanol–water partition coefficient (Wildman–Crippen LogP) is 3.21. The second kappa shape index (κ2) is 4.49. The summed E-state index contributed by atoms with van der Waals surface area (Å²) in [4.78, 5) is 3.49. The summed E-state index contributed by atoms with van der Waals surface area (Å²) in [6, 6.07) is 0. The van der Waals surface area contributed by atoms with Crippen LogP contribution in [-0.2, 0) is 4.84 Å². The van der Waals surface area contributed by atoms with Crippen molar-refractivity contribution < 1.29 is 35.6 Å². The van der Waals surface area contributed by atoms with E-state index in [4.69, 9.17) is 5.41 Å². The molecule has 0 aromatic rings. The molecule has 100 valence electrons. The highest BCUT2D eigenvalue weighted by molar-refractivity contribution is 5.84. The van der Waals surface area contributed by atoms with E-state index in [1.54, 1.807) is 0 Å². The van der Waals surface area contributed by atoms with E-state index in [2.05, 4.69) is 9.99 Å². The maximum absolute atomic E-state index is 12.7. The minimum Gasteiger partial charge on any atom is -0.335 e. The van der Waals surface area contributed by atoms with Crippen molar-refractivity contribution in [3.8, 4) is 0 Å². The van der Waals surface area contributed by atoms with Crippen molar-refractivity contribution in [2.45, 2.75) is 31.9 Å². The molecule has 0 saturated carbocycles. The third-order valence-electron chi connectivity index (χ3n) is 1.36. The Bertz CT molecular complexity index is 330. The Hall–Kier alpha value is -1.35. The number of alkyl halides is 7. The average molecular weight is 268 g/mol. The van der Waals surface area contributed by atoms with E-state index >= 15 is 0 Å². The summed E-state index contributed by atoms with van der Waals surface area (Å²) in [5.74, 6) is -14.8. The van der Waals surface area contributed by atoms with Crippen LogP contribution in [0.1, 0.15) is 13.8 Å². The highest BCUT2D eigenvalue weighted by Gasteiger charge is 2.76. The van der Waals surface area contributed by atoms with Gasteiger partial charge in [0.25, 0.3) is 5.90 Å². The standard InChI is InChI=1S/C7H7F7N2O/c1-3(2)16-17-4(15)5(8,9)6(10,11)7(12,13)14/h15H,1-2H3. The van der Waals surface area contributed by atoms with Gasteiger partial charge in [0.2, 0.25) is 0 Å². The number of oxime groups is 1. The van der Waals surface area contributed by atoms with Gasteiger partial charge in [-0.15, -0.1) is 0 Å². The lowest BCUT2D eigenvalue weighted by atomic mass is 10.1. The molecule has 0 radical (unpaired) electrons. The molecule has 1 N–H and O–H groups in total. The van der Waals surface area contributed by atoms with E-state index in [1.807, 2.05) is 0 Å². The minimum absolute atomic E-state index is 0.0409. The topological polar surface area (TPSA) is 45.4 Å². The molecule has 0 saturated heterocycles. The van der Waals surface area contributed by atoms with Crippen LogP contribution in [0.3, 0.4) is 0 Å². The number of hydrogen-bond donors (Lipinski definition) is 1. The van der Waals surface area contributed by atoms with Crippen molar-refractivity contribution in [2.24, 2.45) is 5.16 Å². The first-order chi connectivity index (χ1) is 7.34. The highest BCUT2D eigenvalue weighted by Crippen LogP contribution is 2.47. The van der Waals surface area contributed by atoms with Gasteiger partial charge >= 0.3 is 18.0 Å². The first-order valence-electron chi connectivity index (χ1n) is 3.93. The SMILES string of the molecule is CC(C)=NOC(=N)C(F)(F)C(F)(F)C(F)(F)F. The second-order valence-corrected chi connectivity index (χ2v) is 3.11. The maximum Gasteiger partial charge on any atom is 0.460 e. The molecule has 0 aliphatic carbocycles. The van der Waals surface area contributed by atoms with Crippen LogP contribution >= 0.6 is 0 Å². The van der Waals surface area contributed by atoms with E-state index < -0.39 is 23.9 Å². The van der Waals surface area contributed by atoms with Crippen LogP contribution in [0.25, 0.3) is 0 Å². The van der Waals surface area contributed by atoms with E-state index in [0.717, 1.165) is 0 Å². The van der Waals surface area contributed by atoms with Gasteiger partial charge < -0.3 is 4.84 Å². The third kappa shape index (κ3) is 3.07. The van der Waals surface area contributed by atoms with Gasteiger partial charge in [-0.3, -0.25) is 5.41 Å². The Labute approximate surface area is 90.7 Å². The van der Waals surface area contributed by atoms with E-state index in [-0.39, 0.29) is 5.71 Å². The molecule has 0 aliphatic heterocycles. The van der Waals surface area contributed by atoms with Crippen LogP contribution in [-0.4, -0.2) is 29.6 Å². The van der Waals surface area contributed by atoms with Gasteiger partial charge in [0.05, 0.1) is 5.71 Å². The zero-order chi connectivity index (χ0) is 14.1. The molecule has 0 bridgehead atoms. The summed E-state index contributed by atoms with van der Waals surface area (Å²) in [6.07, 6.45) is -6.50. The average Bonchev–Trinajstić information content (AvgIpc) is 2.11. The smallest absolute Gasteiger partial charge is 0.335 e. The summed E-state index contributed by atoms with van der Waals surface area (Å²) in [5.41, 5.74) is -0.0409. The Morgan fingerprint density at radius 2 is 1.41 bits per heavy atom. The molecule has 0 aliphatic rings. The van der Waals surface area contributed by atoms with Crippen molar-refractivity contribution in [1.82, 2.24) is 0 Å². The van der Waals surface area contributed by atoms with E-state index in [1.165, 1.54) is 13.8 Å². The van der Waals surface area contributed by atoms with Gasteiger partial charge in [-0.2, -0.15) is 30.7 Å². The Morgan fingerprint density at radius 3 is 1.71 bits per heavy atom. The fourth-order valence-corrected chi connectivity index (χ4v) is 0.515. The minimum atomic E-state index is -6.50. The Kier molecular flexibility index (Phi) is 4.14. The van der Waals surface area contributed by atoms with Crippen LogP contribution in [0.15, 0.2) is 5.16 Å². The molecule has 3 nitrogen and oxygen atoms in total. The third-order valence-corrected chi connectivity index (χ3v) is 1.36. The molecule has 0 atom stereocenters. The van der Waals surface area contributed by atoms with Gasteiger partial charge in [-0.05, 0) is 13.8 Å². The van der Waals surface area contributed by atoms with Crippen LogP contribution in [0.4, 0.5) is 30.7 Å². The predicted molar refractivity (Wildman–Crippen MR) is 43.5 cm³/mol. The quantitative estimate of drug-likeness (QED) is 0.363. The Balaban J connectivity index is 5.14. The van der Waals surface area contributed by atoms with Gasteiger partial charge in [-0.25, -0.2) is 0 Å². The lowest BCUT2D eigenvalue weighted by molar-refractivity contribution is -0.339. The normalized spacial score (nSPS) is 13.2. The number of rotatable bonds is 3. The van der Waals surface area contributed by atoms with Crippen molar-refractivity contribution in [2.75, 3.05) is 0 Å². The Morgan fingerprint density at radius 1 is 1.00 bits per heavy atom. The molecular weight excluding hydrogens is 261 g/mol. The summed E-state index contributed by atoms with van der Waals surface area (Å²) in [7, 11) is 0. The fourth-order valence-electron chi connectivity index (χ4n) is 0.515. The molecular formula is C7H7F7N2O. The van der Waals surface area contributed by atoms with Gasteiger partial charge in [0.15, 0.2) is 0 Å². The first kappa shape index (κ1) is 15.6. The van der Waals surface area contributed by atoms with Crippen molar-refractivity contribution in [3.63, 3.8) is 0 Å². The van der Waals surface area contributed by atoms with Gasteiger partial charge in [0, 0.05) is 0 Å². The lowest BCUT2D eigenvalue weighted by Crippen LogP contribution is -2.56. The number of halogens is 7. The highest BCUT2D eigenvalue weighted by atomic mass is 19.4. The van der Waals surface area contributed by atoms with Crippen molar-refractivity contribution >= 4 is 11.6 Å². The summed E-state index contributed by atoms with van der Waals surface area (Å²) in [6.45, 7) is 2.40. The van der Waals surface area contributed by atoms with Gasteiger partial charge in [0.1, 0.15) is 0 Å². The summed E-state index contributed by atoms with van der Waals surface area (Å²) < 4.78 is 85.0. The number of hydrogen-bond acceptors (Lipinski definition) is 3.